The number of methoxy groups -OCH3 is 1. The highest BCUT2D eigenvalue weighted by atomic mass is 16.5. The molecule has 2 unspecified atom stereocenters. The minimum absolute atomic E-state index is 0.0834. The Morgan fingerprint density at radius 3 is 2.86 bits per heavy atom. The number of nitrogens with one attached hydrogen (secondary N) is 1. The van der Waals surface area contributed by atoms with E-state index in [1.807, 2.05) is 13.1 Å². The maximum atomic E-state index is 11.3. The first-order chi connectivity index (χ1) is 10.1. The van der Waals surface area contributed by atoms with Crippen molar-refractivity contribution >= 4 is 11.6 Å². The summed E-state index contributed by atoms with van der Waals surface area (Å²) < 4.78 is 5.59. The van der Waals surface area contributed by atoms with Gasteiger partial charge in [0.2, 0.25) is 5.91 Å². The molecule has 21 heavy (non-hydrogen) atoms. The third kappa shape index (κ3) is 4.46. The lowest BCUT2D eigenvalue weighted by atomic mass is 9.92. The number of carbonyl (C=O) groups excluding carboxylic acids is 1. The Labute approximate surface area is 127 Å². The van der Waals surface area contributed by atoms with E-state index >= 15 is 0 Å². The van der Waals surface area contributed by atoms with Gasteiger partial charge in [-0.25, -0.2) is 0 Å². The summed E-state index contributed by atoms with van der Waals surface area (Å²) in [6.07, 6.45) is 5.07. The summed E-state index contributed by atoms with van der Waals surface area (Å²) in [5.41, 5.74) is 2.25. The molecule has 1 aliphatic rings. The van der Waals surface area contributed by atoms with Crippen molar-refractivity contribution in [3.8, 4) is 0 Å². The van der Waals surface area contributed by atoms with E-state index in [-0.39, 0.29) is 5.91 Å². The van der Waals surface area contributed by atoms with Crippen LogP contribution in [-0.2, 0) is 16.1 Å². The van der Waals surface area contributed by atoms with E-state index in [1.165, 1.54) is 12.8 Å². The molecule has 0 saturated heterocycles. The van der Waals surface area contributed by atoms with E-state index < -0.39 is 0 Å². The molecule has 4 heteroatoms. The zero-order valence-corrected chi connectivity index (χ0v) is 13.3. The van der Waals surface area contributed by atoms with Crippen molar-refractivity contribution in [3.63, 3.8) is 0 Å². The van der Waals surface area contributed by atoms with Crippen LogP contribution in [0.15, 0.2) is 24.3 Å². The highest BCUT2D eigenvalue weighted by molar-refractivity contribution is 5.72. The molecule has 0 radical (unpaired) electrons. The molecule has 1 aromatic rings. The molecule has 1 saturated carbocycles. The molecule has 1 fully saturated rings. The van der Waals surface area contributed by atoms with Gasteiger partial charge in [-0.05, 0) is 30.5 Å². The molecule has 116 valence electrons. The van der Waals surface area contributed by atoms with Gasteiger partial charge in [0.25, 0.3) is 0 Å². The van der Waals surface area contributed by atoms with E-state index in [0.29, 0.717) is 18.7 Å². The average molecular weight is 290 g/mol. The number of nitrogens with zero attached hydrogens (tertiary/aromatic N) is 1. The summed E-state index contributed by atoms with van der Waals surface area (Å²) >= 11 is 0. The number of carbonyl (C=O) groups is 1. The van der Waals surface area contributed by atoms with E-state index in [9.17, 15) is 4.79 Å². The molecular weight excluding hydrogens is 264 g/mol. The van der Waals surface area contributed by atoms with Crippen molar-refractivity contribution in [2.75, 3.05) is 19.5 Å². The summed E-state index contributed by atoms with van der Waals surface area (Å²) in [6.45, 7) is 2.23. The standard InChI is InChI=1S/C17H26N2O2/c1-13(20)19(2)12-14-7-6-8-15(11-14)18-16-9-4-5-10-17(16)21-3/h6-8,11,16-18H,4-5,9-10,12H2,1-3H3. The summed E-state index contributed by atoms with van der Waals surface area (Å²) in [5, 5.41) is 3.60. The fourth-order valence-electron chi connectivity index (χ4n) is 2.90. The molecule has 2 atom stereocenters. The van der Waals surface area contributed by atoms with Gasteiger partial charge in [0, 0.05) is 33.3 Å². The number of benzene rings is 1. The van der Waals surface area contributed by atoms with Gasteiger partial charge < -0.3 is 15.0 Å². The first-order valence-corrected chi connectivity index (χ1v) is 7.70. The van der Waals surface area contributed by atoms with E-state index in [2.05, 4.69) is 23.5 Å². The van der Waals surface area contributed by atoms with Crippen LogP contribution in [0.2, 0.25) is 0 Å². The predicted octanol–water partition coefficient (Wildman–Crippen LogP) is 3.03. The zero-order valence-electron chi connectivity index (χ0n) is 13.3. The second kappa shape index (κ2) is 7.46. The first-order valence-electron chi connectivity index (χ1n) is 7.70. The molecule has 1 amide bonds. The molecule has 1 aromatic carbocycles. The maximum Gasteiger partial charge on any atom is 0.219 e. The quantitative estimate of drug-likeness (QED) is 0.906. The molecule has 0 spiro atoms. The minimum Gasteiger partial charge on any atom is -0.380 e. The van der Waals surface area contributed by atoms with Gasteiger partial charge in [0.05, 0.1) is 12.1 Å². The third-order valence-electron chi connectivity index (χ3n) is 4.24. The van der Waals surface area contributed by atoms with Crippen LogP contribution in [0.1, 0.15) is 38.2 Å². The summed E-state index contributed by atoms with van der Waals surface area (Å²) in [7, 11) is 3.62. The first kappa shape index (κ1) is 15.8. The highest BCUT2D eigenvalue weighted by Crippen LogP contribution is 2.24. The van der Waals surface area contributed by atoms with E-state index in [4.69, 9.17) is 4.74 Å². The van der Waals surface area contributed by atoms with Crippen molar-refractivity contribution in [2.45, 2.75) is 51.3 Å². The lowest BCUT2D eigenvalue weighted by Crippen LogP contribution is -2.37. The lowest BCUT2D eigenvalue weighted by Gasteiger charge is -2.32. The van der Waals surface area contributed by atoms with Gasteiger partial charge >= 0.3 is 0 Å². The van der Waals surface area contributed by atoms with Gasteiger partial charge in [-0.3, -0.25) is 4.79 Å². The Kier molecular flexibility index (Phi) is 5.62. The van der Waals surface area contributed by atoms with Crippen molar-refractivity contribution in [3.05, 3.63) is 29.8 Å². The van der Waals surface area contributed by atoms with Crippen molar-refractivity contribution < 1.29 is 9.53 Å². The second-order valence-electron chi connectivity index (χ2n) is 5.88. The molecule has 1 N–H and O–H groups in total. The molecule has 1 aliphatic carbocycles. The Hall–Kier alpha value is -1.55. The van der Waals surface area contributed by atoms with Gasteiger partial charge in [-0.1, -0.05) is 25.0 Å². The molecular formula is C17H26N2O2. The van der Waals surface area contributed by atoms with Crippen LogP contribution in [-0.4, -0.2) is 37.1 Å². The largest absolute Gasteiger partial charge is 0.380 e. The lowest BCUT2D eigenvalue weighted by molar-refractivity contribution is -0.128. The predicted molar refractivity (Wildman–Crippen MR) is 85.3 cm³/mol. The van der Waals surface area contributed by atoms with Crippen molar-refractivity contribution in [2.24, 2.45) is 0 Å². The summed E-state index contributed by atoms with van der Waals surface area (Å²) in [5.74, 6) is 0.0834. The number of anilines is 1. The van der Waals surface area contributed by atoms with Gasteiger partial charge in [0.1, 0.15) is 0 Å². The van der Waals surface area contributed by atoms with Crippen LogP contribution in [0.4, 0.5) is 5.69 Å². The molecule has 0 aliphatic heterocycles. The third-order valence-corrected chi connectivity index (χ3v) is 4.24. The van der Waals surface area contributed by atoms with Crippen molar-refractivity contribution in [1.29, 1.82) is 0 Å². The molecule has 0 heterocycles. The maximum absolute atomic E-state index is 11.3. The molecule has 4 nitrogen and oxygen atoms in total. The van der Waals surface area contributed by atoms with Crippen LogP contribution < -0.4 is 5.32 Å². The zero-order chi connectivity index (χ0) is 15.2. The second-order valence-corrected chi connectivity index (χ2v) is 5.88. The summed E-state index contributed by atoms with van der Waals surface area (Å²) in [4.78, 5) is 13.0. The number of rotatable bonds is 5. The van der Waals surface area contributed by atoms with E-state index in [1.54, 1.807) is 18.9 Å². The Morgan fingerprint density at radius 1 is 1.38 bits per heavy atom. The van der Waals surface area contributed by atoms with Gasteiger partial charge in [-0.15, -0.1) is 0 Å². The minimum atomic E-state index is 0.0834. The van der Waals surface area contributed by atoms with Crippen LogP contribution in [0.3, 0.4) is 0 Å². The average Bonchev–Trinajstić information content (AvgIpc) is 2.48. The number of hydrogen-bond acceptors (Lipinski definition) is 3. The molecule has 0 aromatic heterocycles. The normalized spacial score (nSPS) is 21.9. The van der Waals surface area contributed by atoms with Crippen LogP contribution >= 0.6 is 0 Å². The van der Waals surface area contributed by atoms with Gasteiger partial charge in [-0.2, -0.15) is 0 Å². The topological polar surface area (TPSA) is 41.6 Å². The summed E-state index contributed by atoms with van der Waals surface area (Å²) in [6, 6.07) is 8.68. The smallest absolute Gasteiger partial charge is 0.219 e. The monoisotopic (exact) mass is 290 g/mol. The fraction of sp³-hybridized carbons (Fsp3) is 0.588. The highest BCUT2D eigenvalue weighted by Gasteiger charge is 2.24. The number of ether oxygens (including phenoxy) is 1. The Morgan fingerprint density at radius 2 is 2.14 bits per heavy atom. The van der Waals surface area contributed by atoms with Crippen LogP contribution in [0.5, 0.6) is 0 Å². The Bertz CT molecular complexity index is 476. The van der Waals surface area contributed by atoms with Crippen LogP contribution in [0.25, 0.3) is 0 Å². The number of amides is 1. The SMILES string of the molecule is COC1CCCCC1Nc1cccc(CN(C)C(C)=O)c1. The molecule has 2 rings (SSSR count). The molecule has 0 bridgehead atoms. The van der Waals surface area contributed by atoms with E-state index in [0.717, 1.165) is 24.1 Å². The fourth-order valence-corrected chi connectivity index (χ4v) is 2.90. The van der Waals surface area contributed by atoms with Crippen molar-refractivity contribution in [1.82, 2.24) is 4.90 Å². The number of hydrogen-bond donors (Lipinski definition) is 1. The Balaban J connectivity index is 2.01. The van der Waals surface area contributed by atoms with Gasteiger partial charge in [0.15, 0.2) is 0 Å². The van der Waals surface area contributed by atoms with Crippen LogP contribution in [0, 0.1) is 0 Å².